The number of nitrogens with zero attached hydrogens (tertiary/aromatic N) is 2. The monoisotopic (exact) mass is 643 g/mol. The average molecular weight is 644 g/mol. The molecule has 2 aliphatic carbocycles. The molecule has 4 amide bonds. The molecule has 0 aromatic heterocycles. The van der Waals surface area contributed by atoms with Crippen LogP contribution in [0.5, 0.6) is 11.5 Å². The van der Waals surface area contributed by atoms with E-state index in [1.807, 2.05) is 6.08 Å². The Kier molecular flexibility index (Phi) is 7.15. The van der Waals surface area contributed by atoms with Gasteiger partial charge in [0.2, 0.25) is 11.8 Å². The third kappa shape index (κ3) is 4.19. The minimum atomic E-state index is -1.59. The van der Waals surface area contributed by atoms with E-state index >= 15 is 4.79 Å². The molecule has 0 radical (unpaired) electrons. The van der Waals surface area contributed by atoms with Crippen molar-refractivity contribution in [1.29, 1.82) is 0 Å². The molecule has 4 aliphatic rings. The number of anilines is 1. The predicted molar refractivity (Wildman–Crippen MR) is 166 cm³/mol. The Bertz CT molecular complexity index is 1810. The van der Waals surface area contributed by atoms with Gasteiger partial charge in [0.05, 0.1) is 35.5 Å². The first-order chi connectivity index (χ1) is 22.1. The molecule has 1 saturated carbocycles. The van der Waals surface area contributed by atoms with E-state index in [0.717, 1.165) is 9.91 Å². The number of hydrazine groups is 1. The third-order valence-corrected chi connectivity index (χ3v) is 10.4. The number of halogens is 2. The normalized spacial score (nSPS) is 28.5. The number of carbonyl (C=O) groups excluding carboxylic acids is 4. The molecule has 2 N–H and O–H groups in total. The molecule has 3 fully saturated rings. The zero-order valence-electron chi connectivity index (χ0n) is 25.1. The molecular formula is C35H31ClFN3O6. The van der Waals surface area contributed by atoms with Crippen LogP contribution >= 0.6 is 11.6 Å². The summed E-state index contributed by atoms with van der Waals surface area (Å²) in [5.74, 6) is -5.96. The molecule has 2 aliphatic heterocycles. The number of rotatable bonds is 6. The number of amides is 4. The summed E-state index contributed by atoms with van der Waals surface area (Å²) in [4.78, 5) is 57.5. The minimum absolute atomic E-state index is 0.108. The second-order valence-corrected chi connectivity index (χ2v) is 12.7. The zero-order valence-corrected chi connectivity index (χ0v) is 25.8. The molecule has 6 unspecified atom stereocenters. The summed E-state index contributed by atoms with van der Waals surface area (Å²) in [5, 5.41) is 13.1. The van der Waals surface area contributed by atoms with Crippen molar-refractivity contribution in [3.05, 3.63) is 100 Å². The summed E-state index contributed by atoms with van der Waals surface area (Å²) >= 11 is 6.31. The molecule has 2 saturated heterocycles. The molecule has 236 valence electrons. The summed E-state index contributed by atoms with van der Waals surface area (Å²) in [6.07, 6.45) is 2.29. The van der Waals surface area contributed by atoms with Crippen LogP contribution in [-0.2, 0) is 24.6 Å². The smallest absolute Gasteiger partial charge is 0.260 e. The molecule has 46 heavy (non-hydrogen) atoms. The van der Waals surface area contributed by atoms with E-state index in [1.54, 1.807) is 49.4 Å². The average Bonchev–Trinajstić information content (AvgIpc) is 3.40. The fraction of sp³-hybridized carbons (Fsp3) is 0.314. The van der Waals surface area contributed by atoms with E-state index in [9.17, 15) is 23.9 Å². The van der Waals surface area contributed by atoms with Crippen molar-refractivity contribution in [1.82, 2.24) is 9.91 Å². The van der Waals surface area contributed by atoms with E-state index in [4.69, 9.17) is 16.3 Å². The summed E-state index contributed by atoms with van der Waals surface area (Å²) in [5.41, 5.74) is 3.20. The van der Waals surface area contributed by atoms with Crippen LogP contribution < -0.4 is 10.2 Å². The van der Waals surface area contributed by atoms with Gasteiger partial charge in [-0.2, -0.15) is 5.01 Å². The maximum atomic E-state index is 15.1. The molecule has 6 atom stereocenters. The number of para-hydroxylation sites is 1. The number of hydrogen-bond donors (Lipinski definition) is 2. The van der Waals surface area contributed by atoms with Crippen LogP contribution in [0.3, 0.4) is 0 Å². The van der Waals surface area contributed by atoms with Gasteiger partial charge in [-0.3, -0.25) is 29.5 Å². The molecule has 3 aromatic rings. The summed E-state index contributed by atoms with van der Waals surface area (Å²) < 4.78 is 19.5. The van der Waals surface area contributed by atoms with Crippen molar-refractivity contribution >= 4 is 40.9 Å². The van der Waals surface area contributed by atoms with Crippen molar-refractivity contribution in [3.8, 4) is 11.5 Å². The number of benzene rings is 3. The number of nitrogens with one attached hydrogen (secondary N) is 1. The topological polar surface area (TPSA) is 116 Å². The van der Waals surface area contributed by atoms with Gasteiger partial charge in [-0.15, -0.1) is 0 Å². The number of hydrogen-bond acceptors (Lipinski definition) is 7. The number of carbonyl (C=O) groups is 4. The summed E-state index contributed by atoms with van der Waals surface area (Å²) in [6, 6.07) is 17.0. The number of phenolic OH excluding ortho intramolecular Hbond substituents is 1. The first-order valence-electron chi connectivity index (χ1n) is 15.2. The molecule has 9 nitrogen and oxygen atoms in total. The molecular weight excluding hydrogens is 613 g/mol. The lowest BCUT2D eigenvalue weighted by Gasteiger charge is -2.50. The maximum absolute atomic E-state index is 15.1. The van der Waals surface area contributed by atoms with Crippen LogP contribution in [0.25, 0.3) is 0 Å². The highest BCUT2D eigenvalue weighted by atomic mass is 35.5. The number of likely N-dealkylation sites (tertiary alicyclic amines) is 1. The Morgan fingerprint density at radius 1 is 0.978 bits per heavy atom. The number of fused-ring (bicyclic) bond motifs is 4. The van der Waals surface area contributed by atoms with Gasteiger partial charge in [-0.1, -0.05) is 47.5 Å². The van der Waals surface area contributed by atoms with Crippen LogP contribution in [-0.4, -0.2) is 52.3 Å². The van der Waals surface area contributed by atoms with Crippen LogP contribution in [0, 0.1) is 29.5 Å². The first-order valence-corrected chi connectivity index (χ1v) is 15.6. The van der Waals surface area contributed by atoms with Gasteiger partial charge in [0.25, 0.3) is 11.8 Å². The van der Waals surface area contributed by atoms with Crippen LogP contribution in [0.4, 0.5) is 10.1 Å². The SMILES string of the molecule is CCOc1cccc(C2C3=CCC4C(=O)N(C)C(=O)C4C3CC3C(=O)N(Nc4ccc(F)cc4)C(=O)C32c2ccc(Cl)cc2)c1O. The first kappa shape index (κ1) is 30.0. The zero-order chi connectivity index (χ0) is 32.5. The number of ether oxygens (including phenoxy) is 1. The molecule has 7 rings (SSSR count). The number of allylic oxidation sites excluding steroid dienone is 2. The van der Waals surface area contributed by atoms with Gasteiger partial charge < -0.3 is 9.84 Å². The number of imide groups is 2. The molecule has 11 heteroatoms. The van der Waals surface area contributed by atoms with Crippen molar-refractivity contribution in [3.63, 3.8) is 0 Å². The van der Waals surface area contributed by atoms with Crippen LogP contribution in [0.2, 0.25) is 5.02 Å². The summed E-state index contributed by atoms with van der Waals surface area (Å²) in [7, 11) is 1.47. The van der Waals surface area contributed by atoms with E-state index in [-0.39, 0.29) is 42.8 Å². The van der Waals surface area contributed by atoms with E-state index in [2.05, 4.69) is 5.43 Å². The highest BCUT2D eigenvalue weighted by molar-refractivity contribution is 6.30. The lowest BCUT2D eigenvalue weighted by molar-refractivity contribution is -0.140. The Hall–Kier alpha value is -4.70. The van der Waals surface area contributed by atoms with Gasteiger partial charge in [-0.05, 0) is 73.7 Å². The summed E-state index contributed by atoms with van der Waals surface area (Å²) in [6.45, 7) is 2.06. The Labute approximate surface area is 269 Å². The van der Waals surface area contributed by atoms with Gasteiger partial charge in [0.1, 0.15) is 5.82 Å². The van der Waals surface area contributed by atoms with E-state index < -0.39 is 52.6 Å². The third-order valence-electron chi connectivity index (χ3n) is 10.1. The lowest BCUT2D eigenvalue weighted by atomic mass is 9.49. The molecule has 3 aromatic carbocycles. The second kappa shape index (κ2) is 11.0. The van der Waals surface area contributed by atoms with Gasteiger partial charge in [0.15, 0.2) is 11.5 Å². The maximum Gasteiger partial charge on any atom is 0.260 e. The molecule has 0 bridgehead atoms. The molecule has 2 heterocycles. The predicted octanol–water partition coefficient (Wildman–Crippen LogP) is 5.20. The Morgan fingerprint density at radius 2 is 1.70 bits per heavy atom. The van der Waals surface area contributed by atoms with Gasteiger partial charge in [-0.25, -0.2) is 4.39 Å². The standard InChI is InChI=1S/C35H31ClFN3O6/c1-3-46-27-6-4-5-24(30(27)41)29-22-15-16-23-28(33(44)39(2)31(23)42)25(22)17-26-32(43)40(38-21-13-11-20(37)12-14-21)34(45)35(26,29)18-7-9-19(36)10-8-18/h4-15,23,25-26,28-29,38,41H,3,16-17H2,1-2H3. The van der Waals surface area contributed by atoms with Crippen molar-refractivity contribution < 1.29 is 33.4 Å². The fourth-order valence-corrected chi connectivity index (χ4v) is 8.33. The Morgan fingerprint density at radius 3 is 2.39 bits per heavy atom. The quantitative estimate of drug-likeness (QED) is 0.280. The van der Waals surface area contributed by atoms with E-state index in [1.165, 1.54) is 31.3 Å². The van der Waals surface area contributed by atoms with Crippen molar-refractivity contribution in [2.75, 3.05) is 19.1 Å². The number of aromatic hydroxyl groups is 1. The fourth-order valence-electron chi connectivity index (χ4n) is 8.20. The van der Waals surface area contributed by atoms with Gasteiger partial charge >= 0.3 is 0 Å². The van der Waals surface area contributed by atoms with Crippen LogP contribution in [0.15, 0.2) is 78.4 Å². The largest absolute Gasteiger partial charge is 0.504 e. The van der Waals surface area contributed by atoms with E-state index in [0.29, 0.717) is 27.4 Å². The highest BCUT2D eigenvalue weighted by Gasteiger charge is 2.70. The van der Waals surface area contributed by atoms with Gasteiger partial charge in [0, 0.05) is 23.6 Å². The Balaban J connectivity index is 1.49. The minimum Gasteiger partial charge on any atom is -0.504 e. The highest BCUT2D eigenvalue weighted by Crippen LogP contribution is 2.65. The lowest BCUT2D eigenvalue weighted by Crippen LogP contribution is -2.53. The second-order valence-electron chi connectivity index (χ2n) is 12.2. The van der Waals surface area contributed by atoms with Crippen LogP contribution in [0.1, 0.15) is 36.8 Å². The number of phenols is 1. The van der Waals surface area contributed by atoms with Crippen molar-refractivity contribution in [2.45, 2.75) is 31.1 Å². The molecule has 0 spiro atoms. The van der Waals surface area contributed by atoms with Crippen molar-refractivity contribution in [2.24, 2.45) is 23.7 Å².